The number of ketones is 1. The van der Waals surface area contributed by atoms with Crippen LogP contribution in [-0.2, 0) is 16.0 Å². The van der Waals surface area contributed by atoms with Gasteiger partial charge < -0.3 is 4.79 Å². The van der Waals surface area contributed by atoms with Crippen molar-refractivity contribution >= 4 is 12.1 Å². The van der Waals surface area contributed by atoms with E-state index in [1.807, 2.05) is 30.3 Å². The Hall–Kier alpha value is -1.44. The van der Waals surface area contributed by atoms with Crippen molar-refractivity contribution in [1.82, 2.24) is 0 Å². The zero-order valence-electron chi connectivity index (χ0n) is 8.27. The van der Waals surface area contributed by atoms with Crippen molar-refractivity contribution in [3.8, 4) is 0 Å². The maximum absolute atomic E-state index is 11.0. The average molecular weight is 190 g/mol. The van der Waals surface area contributed by atoms with Gasteiger partial charge in [0.05, 0.1) is 5.92 Å². The van der Waals surface area contributed by atoms with Gasteiger partial charge in [0.1, 0.15) is 12.1 Å². The molecule has 1 rings (SSSR count). The van der Waals surface area contributed by atoms with Crippen LogP contribution in [0.1, 0.15) is 18.9 Å². The first kappa shape index (κ1) is 10.6. The van der Waals surface area contributed by atoms with Gasteiger partial charge in [-0.3, -0.25) is 4.79 Å². The SMILES string of the molecule is CC(=O)C(C=O)CCc1ccccc1. The Bertz CT molecular complexity index is 303. The lowest BCUT2D eigenvalue weighted by atomic mass is 9.98. The molecule has 74 valence electrons. The fourth-order valence-corrected chi connectivity index (χ4v) is 1.33. The van der Waals surface area contributed by atoms with E-state index in [0.717, 1.165) is 12.7 Å². The second-order valence-electron chi connectivity index (χ2n) is 3.38. The second kappa shape index (κ2) is 5.32. The van der Waals surface area contributed by atoms with Gasteiger partial charge in [0, 0.05) is 0 Å². The van der Waals surface area contributed by atoms with Crippen LogP contribution >= 0.6 is 0 Å². The van der Waals surface area contributed by atoms with E-state index in [9.17, 15) is 9.59 Å². The third kappa shape index (κ3) is 3.13. The molecule has 0 radical (unpaired) electrons. The first-order valence-corrected chi connectivity index (χ1v) is 4.73. The minimum Gasteiger partial charge on any atom is -0.303 e. The summed E-state index contributed by atoms with van der Waals surface area (Å²) < 4.78 is 0. The molecule has 0 aliphatic heterocycles. The molecule has 0 aromatic heterocycles. The average Bonchev–Trinajstić information content (AvgIpc) is 2.20. The van der Waals surface area contributed by atoms with Crippen LogP contribution in [0.3, 0.4) is 0 Å². The van der Waals surface area contributed by atoms with Gasteiger partial charge in [0.2, 0.25) is 0 Å². The number of aryl methyl sites for hydroxylation is 1. The summed E-state index contributed by atoms with van der Waals surface area (Å²) in [6, 6.07) is 9.87. The zero-order valence-corrected chi connectivity index (χ0v) is 8.27. The largest absolute Gasteiger partial charge is 0.303 e. The van der Waals surface area contributed by atoms with Crippen molar-refractivity contribution in [2.24, 2.45) is 5.92 Å². The van der Waals surface area contributed by atoms with Gasteiger partial charge in [0.15, 0.2) is 0 Å². The molecule has 1 aromatic rings. The van der Waals surface area contributed by atoms with E-state index >= 15 is 0 Å². The van der Waals surface area contributed by atoms with E-state index in [0.29, 0.717) is 6.42 Å². The molecule has 0 aliphatic carbocycles. The van der Waals surface area contributed by atoms with E-state index < -0.39 is 5.92 Å². The van der Waals surface area contributed by atoms with E-state index in [4.69, 9.17) is 0 Å². The van der Waals surface area contributed by atoms with Crippen molar-refractivity contribution in [1.29, 1.82) is 0 Å². The van der Waals surface area contributed by atoms with Crippen molar-refractivity contribution in [3.63, 3.8) is 0 Å². The molecule has 1 atom stereocenters. The van der Waals surface area contributed by atoms with Crippen LogP contribution in [0, 0.1) is 5.92 Å². The maximum atomic E-state index is 11.0. The monoisotopic (exact) mass is 190 g/mol. The number of aldehydes is 1. The molecule has 0 saturated heterocycles. The van der Waals surface area contributed by atoms with Gasteiger partial charge in [-0.15, -0.1) is 0 Å². The molecule has 0 amide bonds. The van der Waals surface area contributed by atoms with Gasteiger partial charge in [-0.1, -0.05) is 30.3 Å². The van der Waals surface area contributed by atoms with Crippen LogP contribution in [0.4, 0.5) is 0 Å². The van der Waals surface area contributed by atoms with E-state index in [2.05, 4.69) is 0 Å². The highest BCUT2D eigenvalue weighted by Gasteiger charge is 2.12. The summed E-state index contributed by atoms with van der Waals surface area (Å²) in [7, 11) is 0. The number of Topliss-reactive ketones (excluding diaryl/α,β-unsaturated/α-hetero) is 1. The van der Waals surface area contributed by atoms with Gasteiger partial charge >= 0.3 is 0 Å². The van der Waals surface area contributed by atoms with Crippen molar-refractivity contribution in [2.75, 3.05) is 0 Å². The molecule has 0 spiro atoms. The van der Waals surface area contributed by atoms with Crippen LogP contribution in [0.15, 0.2) is 30.3 Å². The highest BCUT2D eigenvalue weighted by Crippen LogP contribution is 2.08. The molecule has 1 aromatic carbocycles. The molecule has 0 heterocycles. The number of carbonyl (C=O) groups is 2. The van der Waals surface area contributed by atoms with Gasteiger partial charge in [-0.25, -0.2) is 0 Å². The Labute approximate surface area is 83.9 Å². The molecule has 0 N–H and O–H groups in total. The van der Waals surface area contributed by atoms with Crippen LogP contribution in [0.5, 0.6) is 0 Å². The Morgan fingerprint density at radius 3 is 2.50 bits per heavy atom. The summed E-state index contributed by atoms with van der Waals surface area (Å²) in [5, 5.41) is 0. The molecule has 2 nitrogen and oxygen atoms in total. The quantitative estimate of drug-likeness (QED) is 0.526. The lowest BCUT2D eigenvalue weighted by Gasteiger charge is -2.05. The number of rotatable bonds is 5. The van der Waals surface area contributed by atoms with Crippen molar-refractivity contribution in [2.45, 2.75) is 19.8 Å². The predicted octanol–water partition coefficient (Wildman–Crippen LogP) is 2.02. The molecule has 14 heavy (non-hydrogen) atoms. The lowest BCUT2D eigenvalue weighted by Crippen LogP contribution is -2.13. The summed E-state index contributed by atoms with van der Waals surface area (Å²) in [5.41, 5.74) is 1.17. The fraction of sp³-hybridized carbons (Fsp3) is 0.333. The smallest absolute Gasteiger partial charge is 0.139 e. The predicted molar refractivity (Wildman–Crippen MR) is 55.0 cm³/mol. The third-order valence-electron chi connectivity index (χ3n) is 2.27. The standard InChI is InChI=1S/C12H14O2/c1-10(14)12(9-13)8-7-11-5-3-2-4-6-11/h2-6,9,12H,7-8H2,1H3. The molecular weight excluding hydrogens is 176 g/mol. The number of benzene rings is 1. The highest BCUT2D eigenvalue weighted by atomic mass is 16.1. The fourth-order valence-electron chi connectivity index (χ4n) is 1.33. The first-order chi connectivity index (χ1) is 6.74. The summed E-state index contributed by atoms with van der Waals surface area (Å²) in [6.45, 7) is 1.46. The summed E-state index contributed by atoms with van der Waals surface area (Å²) in [6.07, 6.45) is 2.14. The molecule has 2 heteroatoms. The van der Waals surface area contributed by atoms with E-state index in [-0.39, 0.29) is 5.78 Å². The maximum Gasteiger partial charge on any atom is 0.139 e. The molecular formula is C12H14O2. The lowest BCUT2D eigenvalue weighted by molar-refractivity contribution is -0.125. The molecule has 0 fully saturated rings. The number of hydrogen-bond acceptors (Lipinski definition) is 2. The second-order valence-corrected chi connectivity index (χ2v) is 3.38. The van der Waals surface area contributed by atoms with Gasteiger partial charge in [-0.05, 0) is 25.3 Å². The Balaban J connectivity index is 2.47. The zero-order chi connectivity index (χ0) is 10.4. The molecule has 1 unspecified atom stereocenters. The van der Waals surface area contributed by atoms with Crippen molar-refractivity contribution in [3.05, 3.63) is 35.9 Å². The minimum atomic E-state index is -0.435. The van der Waals surface area contributed by atoms with Gasteiger partial charge in [0.25, 0.3) is 0 Å². The minimum absolute atomic E-state index is 0.0454. The summed E-state index contributed by atoms with van der Waals surface area (Å²) in [4.78, 5) is 21.5. The van der Waals surface area contributed by atoms with Gasteiger partial charge in [-0.2, -0.15) is 0 Å². The normalized spacial score (nSPS) is 12.1. The Morgan fingerprint density at radius 2 is 2.00 bits per heavy atom. The van der Waals surface area contributed by atoms with Crippen LogP contribution in [0.2, 0.25) is 0 Å². The Morgan fingerprint density at radius 1 is 1.36 bits per heavy atom. The topological polar surface area (TPSA) is 34.1 Å². The van der Waals surface area contributed by atoms with Crippen LogP contribution in [-0.4, -0.2) is 12.1 Å². The number of carbonyl (C=O) groups excluding carboxylic acids is 2. The Kier molecular flexibility index (Phi) is 4.05. The van der Waals surface area contributed by atoms with Crippen LogP contribution < -0.4 is 0 Å². The molecule has 0 aliphatic rings. The van der Waals surface area contributed by atoms with Crippen LogP contribution in [0.25, 0.3) is 0 Å². The van der Waals surface area contributed by atoms with E-state index in [1.165, 1.54) is 12.5 Å². The summed E-state index contributed by atoms with van der Waals surface area (Å²) in [5.74, 6) is -0.480. The third-order valence-corrected chi connectivity index (χ3v) is 2.27. The first-order valence-electron chi connectivity index (χ1n) is 4.73. The summed E-state index contributed by atoms with van der Waals surface area (Å²) >= 11 is 0. The number of hydrogen-bond donors (Lipinski definition) is 0. The van der Waals surface area contributed by atoms with E-state index in [1.54, 1.807) is 0 Å². The highest BCUT2D eigenvalue weighted by molar-refractivity contribution is 5.91. The molecule has 0 saturated carbocycles. The van der Waals surface area contributed by atoms with Crippen molar-refractivity contribution < 1.29 is 9.59 Å². The molecule has 0 bridgehead atoms.